The number of nitrogens with one attached hydrogen (secondary N) is 1. The smallest absolute Gasteiger partial charge is 0.307 e. The first-order chi connectivity index (χ1) is 29.1. The summed E-state index contributed by atoms with van der Waals surface area (Å²) in [4.78, 5) is 43.9. The number of fused-ring (bicyclic) bond motifs is 2. The number of hydrogen-bond acceptors (Lipinski definition) is 14. The van der Waals surface area contributed by atoms with Gasteiger partial charge in [0.05, 0.1) is 35.4 Å². The van der Waals surface area contributed by atoms with E-state index in [1.165, 1.54) is 51.1 Å². The number of hydrogen-bond donors (Lipinski definition) is 2. The number of aryl methyl sites for hydroxylation is 2. The van der Waals surface area contributed by atoms with Crippen molar-refractivity contribution in [3.63, 3.8) is 0 Å². The van der Waals surface area contributed by atoms with E-state index in [2.05, 4.69) is 40.0 Å². The van der Waals surface area contributed by atoms with E-state index in [1.54, 1.807) is 18.3 Å². The van der Waals surface area contributed by atoms with Crippen molar-refractivity contribution in [1.82, 2.24) is 39.0 Å². The summed E-state index contributed by atoms with van der Waals surface area (Å²) in [5.41, 5.74) is 7.11. The van der Waals surface area contributed by atoms with Gasteiger partial charge in [-0.1, -0.05) is 14.9 Å². The van der Waals surface area contributed by atoms with Gasteiger partial charge >= 0.3 is 11.4 Å². The number of nitro benzene ring substituents is 2. The maximum Gasteiger partial charge on any atom is 0.307 e. The summed E-state index contributed by atoms with van der Waals surface area (Å²) in [5.74, 6) is -1.82. The van der Waals surface area contributed by atoms with E-state index in [0.29, 0.717) is 16.8 Å². The second-order valence-corrected chi connectivity index (χ2v) is 12.9. The quantitative estimate of drug-likeness (QED) is 0.0627. The fourth-order valence-corrected chi connectivity index (χ4v) is 6.05. The van der Waals surface area contributed by atoms with Crippen LogP contribution in [0.4, 0.5) is 46.3 Å². The average Bonchev–Trinajstić information content (AvgIpc) is 3.73. The van der Waals surface area contributed by atoms with Crippen LogP contribution >= 0.6 is 11.6 Å². The SMILES string of the molecule is C.C.COc1cc(F)c([N+](=O)[O-])cc1N.COc1cc(F)c([N+](=O)[O-])cc1Nc1ncnc(-c2cn(C)c3ccc(F)cc23)n1.Cn1cc(-c2ncnc(Cl)n2)c2cc(F)ccc21. The number of aromatic nitrogens is 8. The van der Waals surface area contributed by atoms with E-state index in [-0.39, 0.29) is 60.6 Å². The van der Waals surface area contributed by atoms with Gasteiger partial charge in [-0.05, 0) is 48.0 Å². The van der Waals surface area contributed by atoms with Crippen LogP contribution in [0.15, 0.2) is 85.7 Å². The molecule has 0 atom stereocenters. The lowest BCUT2D eigenvalue weighted by atomic mass is 10.1. The largest absolute Gasteiger partial charge is 0.494 e. The highest BCUT2D eigenvalue weighted by Gasteiger charge is 2.21. The van der Waals surface area contributed by atoms with Gasteiger partial charge in [0.2, 0.25) is 22.9 Å². The first-order valence-corrected chi connectivity index (χ1v) is 17.6. The van der Waals surface area contributed by atoms with Crippen LogP contribution in [0.25, 0.3) is 44.6 Å². The van der Waals surface area contributed by atoms with Crippen molar-refractivity contribution in [2.75, 3.05) is 25.3 Å². The number of methoxy groups -OCH3 is 2. The Hall–Kier alpha value is -8.01. The summed E-state index contributed by atoms with van der Waals surface area (Å²) in [7, 11) is 6.30. The van der Waals surface area contributed by atoms with Gasteiger partial charge in [0.1, 0.15) is 35.8 Å². The number of nitrogens with two attached hydrogens (primary N) is 1. The number of rotatable bonds is 8. The molecule has 3 N–H and O–H groups in total. The third-order valence-electron chi connectivity index (χ3n) is 8.71. The van der Waals surface area contributed by atoms with Crippen LogP contribution in [-0.4, -0.2) is 63.1 Å². The molecule has 0 spiro atoms. The highest BCUT2D eigenvalue weighted by molar-refractivity contribution is 6.28. The zero-order valence-corrected chi connectivity index (χ0v) is 32.7. The Morgan fingerprint density at radius 2 is 1.16 bits per heavy atom. The molecule has 8 rings (SSSR count). The number of nitro groups is 2. The number of ether oxygens (including phenoxy) is 2. The summed E-state index contributed by atoms with van der Waals surface area (Å²) >= 11 is 5.74. The molecular weight excluding hydrogens is 856 g/mol. The van der Waals surface area contributed by atoms with E-state index >= 15 is 0 Å². The molecule has 0 unspecified atom stereocenters. The first-order valence-electron chi connectivity index (χ1n) is 17.2. The molecule has 18 nitrogen and oxygen atoms in total. The van der Waals surface area contributed by atoms with E-state index in [4.69, 9.17) is 22.1 Å². The van der Waals surface area contributed by atoms with E-state index in [9.17, 15) is 37.8 Å². The molecule has 0 saturated carbocycles. The zero-order valence-electron chi connectivity index (χ0n) is 32.0. The second-order valence-electron chi connectivity index (χ2n) is 12.5. The van der Waals surface area contributed by atoms with Gasteiger partial charge in [-0.15, -0.1) is 0 Å². The summed E-state index contributed by atoms with van der Waals surface area (Å²) in [6, 6.07) is 12.7. The minimum absolute atomic E-state index is 0. The topological polar surface area (TPSA) is 230 Å². The Morgan fingerprint density at radius 3 is 1.65 bits per heavy atom. The lowest BCUT2D eigenvalue weighted by Crippen LogP contribution is -2.03. The van der Waals surface area contributed by atoms with Gasteiger partial charge in [0, 0.05) is 83.7 Å². The average molecular weight is 893 g/mol. The van der Waals surface area contributed by atoms with Crippen molar-refractivity contribution in [2.45, 2.75) is 14.9 Å². The van der Waals surface area contributed by atoms with Crippen LogP contribution in [0.3, 0.4) is 0 Å². The van der Waals surface area contributed by atoms with Crippen molar-refractivity contribution in [1.29, 1.82) is 0 Å². The molecule has 4 aromatic heterocycles. The van der Waals surface area contributed by atoms with Gasteiger partial charge in [-0.3, -0.25) is 20.2 Å². The molecule has 23 heteroatoms. The van der Waals surface area contributed by atoms with Gasteiger partial charge < -0.3 is 29.7 Å². The Bertz CT molecular complexity index is 2970. The minimum atomic E-state index is -1.03. The Morgan fingerprint density at radius 1 is 0.683 bits per heavy atom. The van der Waals surface area contributed by atoms with Crippen molar-refractivity contribution in [2.24, 2.45) is 14.1 Å². The monoisotopic (exact) mass is 892 g/mol. The van der Waals surface area contributed by atoms with Crippen LogP contribution in [-0.2, 0) is 14.1 Å². The van der Waals surface area contributed by atoms with Gasteiger partial charge in [-0.2, -0.15) is 18.7 Å². The molecule has 0 radical (unpaired) electrons. The summed E-state index contributed by atoms with van der Waals surface area (Å²) in [6.45, 7) is 0. The lowest BCUT2D eigenvalue weighted by Gasteiger charge is -2.10. The Labute approximate surface area is 360 Å². The van der Waals surface area contributed by atoms with Crippen LogP contribution in [0.5, 0.6) is 11.5 Å². The maximum absolute atomic E-state index is 13.9. The van der Waals surface area contributed by atoms with Crippen LogP contribution in [0, 0.1) is 43.5 Å². The van der Waals surface area contributed by atoms with Crippen LogP contribution in [0.1, 0.15) is 14.9 Å². The second kappa shape index (κ2) is 20.0. The van der Waals surface area contributed by atoms with Crippen molar-refractivity contribution >= 4 is 62.1 Å². The van der Waals surface area contributed by atoms with Crippen molar-refractivity contribution < 1.29 is 36.9 Å². The number of nitrogen functional groups attached to an aromatic ring is 1. The molecule has 328 valence electrons. The molecule has 0 aliphatic heterocycles. The molecule has 63 heavy (non-hydrogen) atoms. The van der Waals surface area contributed by atoms with E-state index < -0.39 is 38.7 Å². The molecule has 0 saturated heterocycles. The third-order valence-corrected chi connectivity index (χ3v) is 8.89. The number of nitrogens with zero attached hydrogens (tertiary/aromatic N) is 10. The summed E-state index contributed by atoms with van der Waals surface area (Å²) in [6.07, 6.45) is 6.18. The maximum atomic E-state index is 13.9. The minimum Gasteiger partial charge on any atom is -0.494 e. The van der Waals surface area contributed by atoms with Crippen molar-refractivity contribution in [3.05, 3.63) is 134 Å². The van der Waals surface area contributed by atoms with E-state index in [1.807, 2.05) is 29.4 Å². The van der Waals surface area contributed by atoms with E-state index in [0.717, 1.165) is 46.2 Å². The molecule has 0 aliphatic carbocycles. The van der Waals surface area contributed by atoms with Crippen LogP contribution < -0.4 is 20.5 Å². The molecule has 8 aromatic rings. The summed E-state index contributed by atoms with van der Waals surface area (Å²) in [5, 5.41) is 25.6. The standard InChI is InChI=1S/C19H14F2N6O3.C12H8ClFN4.C7H7FN2O3.2CH4/c1-26-8-12(11-5-10(20)3-4-15(11)26)18-22-9-23-19(25-18)24-14-7-16(27(28)29)13(21)6-17(14)30-2;1-18-5-9(11-15-6-16-12(13)17-11)8-4-7(14)2-3-10(8)18;1-13-7-2-4(8)6(10(11)12)3-5(7)9;;/h3-9H,1-2H3,(H,22,23,24,25);2-6H,1H3;2-3H,9H2,1H3;2*1H4. The lowest BCUT2D eigenvalue weighted by molar-refractivity contribution is -0.387. The van der Waals surface area contributed by atoms with Crippen LogP contribution in [0.2, 0.25) is 5.28 Å². The molecular formula is C40H37ClF4N12O6. The van der Waals surface area contributed by atoms with Gasteiger partial charge in [0.25, 0.3) is 0 Å². The number of benzene rings is 4. The fourth-order valence-electron chi connectivity index (χ4n) is 5.92. The highest BCUT2D eigenvalue weighted by atomic mass is 35.5. The normalized spacial score (nSPS) is 10.4. The fraction of sp³-hybridized carbons (Fsp3) is 0.150. The molecule has 0 amide bonds. The zero-order chi connectivity index (χ0) is 44.1. The third kappa shape index (κ3) is 10.5. The van der Waals surface area contributed by atoms with Gasteiger partial charge in [0.15, 0.2) is 11.6 Å². The molecule has 0 aliphatic rings. The molecule has 0 bridgehead atoms. The summed E-state index contributed by atoms with van der Waals surface area (Å²) < 4.78 is 67.3. The molecule has 4 aromatic carbocycles. The number of halogens is 5. The molecule has 0 fully saturated rings. The predicted octanol–water partition coefficient (Wildman–Crippen LogP) is 9.39. The molecule has 4 heterocycles. The van der Waals surface area contributed by atoms with Gasteiger partial charge in [-0.25, -0.2) is 28.7 Å². The Balaban J connectivity index is 0.000000225. The Kier molecular flexibility index (Phi) is 15.2. The highest BCUT2D eigenvalue weighted by Crippen LogP contribution is 2.35. The van der Waals surface area contributed by atoms with Crippen molar-refractivity contribution in [3.8, 4) is 34.3 Å². The number of anilines is 3. The first kappa shape index (κ1) is 47.7. The predicted molar refractivity (Wildman–Crippen MR) is 229 cm³/mol.